The molecule has 0 bridgehead atoms. The summed E-state index contributed by atoms with van der Waals surface area (Å²) >= 11 is 1.06. The Morgan fingerprint density at radius 2 is 1.79 bits per heavy atom. The Labute approximate surface area is 244 Å². The minimum absolute atomic E-state index is 0.170. The van der Waals surface area contributed by atoms with Crippen molar-refractivity contribution in [2.75, 3.05) is 6.61 Å². The summed E-state index contributed by atoms with van der Waals surface area (Å²) in [6.07, 6.45) is 4.48. The van der Waals surface area contributed by atoms with Crippen molar-refractivity contribution in [1.29, 1.82) is 0 Å². The topological polar surface area (TPSA) is 91.4 Å². The zero-order chi connectivity index (χ0) is 29.2. The number of para-hydroxylation sites is 1. The number of aromatic nitrogens is 5. The van der Waals surface area contributed by atoms with Crippen LogP contribution >= 0.6 is 11.3 Å². The fraction of sp³-hybridized carbons (Fsp3) is 0.156. The molecule has 0 radical (unpaired) electrons. The van der Waals surface area contributed by atoms with E-state index in [9.17, 15) is 14.0 Å². The maximum Gasteiger partial charge on any atom is 0.296 e. The third-order valence-electron chi connectivity index (χ3n) is 6.66. The third-order valence-corrected chi connectivity index (χ3v) is 7.62. The molecular formula is C32H26FN5O3S. The fourth-order valence-corrected chi connectivity index (χ4v) is 5.40. The van der Waals surface area contributed by atoms with Gasteiger partial charge in [-0.1, -0.05) is 66.3 Å². The Morgan fingerprint density at radius 1 is 1.00 bits per heavy atom. The van der Waals surface area contributed by atoms with Crippen molar-refractivity contribution in [2.45, 2.75) is 26.7 Å². The van der Waals surface area contributed by atoms with Crippen LogP contribution in [0.3, 0.4) is 0 Å². The number of ether oxygens (including phenoxy) is 1. The molecule has 6 aromatic rings. The Bertz CT molecular complexity index is 2070. The lowest BCUT2D eigenvalue weighted by Gasteiger charge is -2.07. The summed E-state index contributed by atoms with van der Waals surface area (Å²) in [6, 6.07) is 22.0. The second-order valence-electron chi connectivity index (χ2n) is 9.84. The SMILES string of the molecule is CCCOc1ccc(-c2nn(-c3ccccc3)cc2C=c2sc3nc(=O)c(Cc4ccc(C)cc4)nn3c2=O)cc1F. The number of hydrogen-bond donors (Lipinski definition) is 0. The van der Waals surface area contributed by atoms with Gasteiger partial charge in [0.25, 0.3) is 11.1 Å². The van der Waals surface area contributed by atoms with Crippen LogP contribution in [0.1, 0.15) is 35.7 Å². The molecule has 0 N–H and O–H groups in total. The van der Waals surface area contributed by atoms with Crippen molar-refractivity contribution in [3.05, 3.63) is 132 Å². The number of thiazole rings is 1. The normalized spacial score (nSPS) is 11.8. The average Bonchev–Trinajstić information content (AvgIpc) is 3.55. The lowest BCUT2D eigenvalue weighted by molar-refractivity contribution is 0.301. The highest BCUT2D eigenvalue weighted by atomic mass is 32.1. The van der Waals surface area contributed by atoms with E-state index in [1.807, 2.05) is 68.4 Å². The average molecular weight is 580 g/mol. The molecule has 3 aromatic carbocycles. The quantitative estimate of drug-likeness (QED) is 0.259. The molecule has 0 aliphatic heterocycles. The molecule has 0 spiro atoms. The van der Waals surface area contributed by atoms with Crippen molar-refractivity contribution in [3.63, 3.8) is 0 Å². The summed E-state index contributed by atoms with van der Waals surface area (Å²) in [5.74, 6) is -0.330. The highest BCUT2D eigenvalue weighted by Crippen LogP contribution is 2.28. The molecule has 0 aliphatic rings. The predicted molar refractivity (Wildman–Crippen MR) is 161 cm³/mol. The highest BCUT2D eigenvalue weighted by Gasteiger charge is 2.16. The van der Waals surface area contributed by atoms with Crippen LogP contribution in [0.5, 0.6) is 5.75 Å². The lowest BCUT2D eigenvalue weighted by atomic mass is 10.1. The summed E-state index contributed by atoms with van der Waals surface area (Å²) in [6.45, 7) is 4.35. The van der Waals surface area contributed by atoms with Gasteiger partial charge in [0.05, 0.1) is 16.8 Å². The molecule has 42 heavy (non-hydrogen) atoms. The van der Waals surface area contributed by atoms with Gasteiger partial charge in [0.1, 0.15) is 11.4 Å². The zero-order valence-corrected chi connectivity index (χ0v) is 23.8. The van der Waals surface area contributed by atoms with Gasteiger partial charge >= 0.3 is 0 Å². The Morgan fingerprint density at radius 3 is 2.52 bits per heavy atom. The van der Waals surface area contributed by atoms with E-state index in [4.69, 9.17) is 9.84 Å². The van der Waals surface area contributed by atoms with Gasteiger partial charge in [-0.2, -0.15) is 19.7 Å². The zero-order valence-electron chi connectivity index (χ0n) is 23.0. The van der Waals surface area contributed by atoms with Gasteiger partial charge in [0.15, 0.2) is 11.6 Å². The third kappa shape index (κ3) is 5.48. The minimum Gasteiger partial charge on any atom is -0.491 e. The maximum atomic E-state index is 14.9. The molecule has 0 atom stereocenters. The van der Waals surface area contributed by atoms with E-state index in [2.05, 4.69) is 10.1 Å². The predicted octanol–water partition coefficient (Wildman–Crippen LogP) is 4.74. The smallest absolute Gasteiger partial charge is 0.296 e. The molecule has 8 nitrogen and oxygen atoms in total. The molecule has 210 valence electrons. The van der Waals surface area contributed by atoms with Crippen LogP contribution in [0.15, 0.2) is 88.6 Å². The Balaban J connectivity index is 1.45. The van der Waals surface area contributed by atoms with Crippen LogP contribution in [0.25, 0.3) is 28.0 Å². The van der Waals surface area contributed by atoms with Crippen LogP contribution in [-0.4, -0.2) is 31.0 Å². The first-order valence-corrected chi connectivity index (χ1v) is 14.3. The molecule has 10 heteroatoms. The molecule has 0 amide bonds. The minimum atomic E-state index is -0.499. The van der Waals surface area contributed by atoms with E-state index in [0.29, 0.717) is 28.0 Å². The van der Waals surface area contributed by atoms with Gasteiger partial charge in [0, 0.05) is 23.7 Å². The number of benzene rings is 3. The van der Waals surface area contributed by atoms with Crippen LogP contribution < -0.4 is 20.4 Å². The van der Waals surface area contributed by atoms with Gasteiger partial charge in [0.2, 0.25) is 4.96 Å². The van der Waals surface area contributed by atoms with Crippen molar-refractivity contribution < 1.29 is 9.13 Å². The first-order valence-electron chi connectivity index (χ1n) is 13.5. The molecule has 3 heterocycles. The summed E-state index contributed by atoms with van der Waals surface area (Å²) < 4.78 is 23.6. The van der Waals surface area contributed by atoms with E-state index in [0.717, 1.165) is 34.6 Å². The van der Waals surface area contributed by atoms with E-state index in [1.165, 1.54) is 10.6 Å². The van der Waals surface area contributed by atoms with E-state index in [-0.39, 0.29) is 22.8 Å². The van der Waals surface area contributed by atoms with Gasteiger partial charge in [-0.05, 0) is 55.3 Å². The molecule has 0 unspecified atom stereocenters. The van der Waals surface area contributed by atoms with Crippen molar-refractivity contribution >= 4 is 22.4 Å². The summed E-state index contributed by atoms with van der Waals surface area (Å²) in [7, 11) is 0. The van der Waals surface area contributed by atoms with Crippen LogP contribution in [0, 0.1) is 12.7 Å². The Kier molecular flexibility index (Phi) is 7.45. The van der Waals surface area contributed by atoms with Gasteiger partial charge < -0.3 is 4.74 Å². The van der Waals surface area contributed by atoms with Crippen molar-refractivity contribution in [2.24, 2.45) is 0 Å². The van der Waals surface area contributed by atoms with Gasteiger partial charge in [-0.15, -0.1) is 0 Å². The first-order chi connectivity index (χ1) is 20.4. The molecule has 0 saturated heterocycles. The van der Waals surface area contributed by atoms with Gasteiger partial charge in [-0.3, -0.25) is 9.59 Å². The largest absolute Gasteiger partial charge is 0.491 e. The molecule has 6 rings (SSSR count). The molecule has 3 aromatic heterocycles. The van der Waals surface area contributed by atoms with Crippen molar-refractivity contribution in [1.82, 2.24) is 24.4 Å². The van der Waals surface area contributed by atoms with Crippen LogP contribution in [0.4, 0.5) is 4.39 Å². The number of fused-ring (bicyclic) bond motifs is 1. The monoisotopic (exact) mass is 579 g/mol. The number of nitrogens with zero attached hydrogens (tertiary/aromatic N) is 5. The highest BCUT2D eigenvalue weighted by molar-refractivity contribution is 7.15. The molecule has 0 fully saturated rings. The Hall–Kier alpha value is -4.96. The first kappa shape index (κ1) is 27.2. The molecule has 0 saturated carbocycles. The molecular weight excluding hydrogens is 553 g/mol. The van der Waals surface area contributed by atoms with Gasteiger partial charge in [-0.25, -0.2) is 9.07 Å². The number of hydrogen-bond acceptors (Lipinski definition) is 7. The molecule has 0 aliphatic carbocycles. The second kappa shape index (κ2) is 11.5. The number of aryl methyl sites for hydroxylation is 1. The second-order valence-corrected chi connectivity index (χ2v) is 10.9. The van der Waals surface area contributed by atoms with Crippen LogP contribution in [0.2, 0.25) is 0 Å². The van der Waals surface area contributed by atoms with E-state index in [1.54, 1.807) is 29.1 Å². The fourth-order valence-electron chi connectivity index (χ4n) is 4.50. The lowest BCUT2D eigenvalue weighted by Crippen LogP contribution is -2.28. The van der Waals surface area contributed by atoms with E-state index >= 15 is 0 Å². The number of rotatable bonds is 8. The summed E-state index contributed by atoms with van der Waals surface area (Å²) in [5, 5.41) is 9.11. The van der Waals surface area contributed by atoms with Crippen molar-refractivity contribution in [3.8, 4) is 22.7 Å². The van der Waals surface area contributed by atoms with E-state index < -0.39 is 16.9 Å². The standard InChI is InChI=1S/C32H26FN5O3S/c1-3-15-41-27-14-13-22(17-25(27)33)29-23(19-37(36-29)24-7-5-4-6-8-24)18-28-31(40)38-32(42-28)34-30(39)26(35-38)16-21-11-9-20(2)10-12-21/h4-14,17-19H,3,15-16H2,1-2H3. The summed E-state index contributed by atoms with van der Waals surface area (Å²) in [4.78, 5) is 30.6. The summed E-state index contributed by atoms with van der Waals surface area (Å²) in [5.41, 5.74) is 3.72. The maximum absolute atomic E-state index is 14.9. The van der Waals surface area contributed by atoms with Crippen LogP contribution in [-0.2, 0) is 6.42 Å². The number of halogens is 1.